The minimum Gasteiger partial charge on any atom is -0.340 e. The zero-order valence-electron chi connectivity index (χ0n) is 14.0. The van der Waals surface area contributed by atoms with E-state index in [1.165, 1.54) is 45.1 Å². The van der Waals surface area contributed by atoms with E-state index in [1.807, 2.05) is 0 Å². The van der Waals surface area contributed by atoms with Gasteiger partial charge < -0.3 is 10.6 Å². The number of piperazine rings is 1. The SMILES string of the molecule is N[C@@H]1CCC[C@H]1CC(=O)N1CCN(CC2CCCCC2)CC1. The van der Waals surface area contributed by atoms with Gasteiger partial charge in [0.15, 0.2) is 0 Å². The van der Waals surface area contributed by atoms with Crippen molar-refractivity contribution in [2.45, 2.75) is 63.8 Å². The van der Waals surface area contributed by atoms with Crippen LogP contribution in [0.15, 0.2) is 0 Å². The maximum Gasteiger partial charge on any atom is 0.222 e. The molecule has 2 aliphatic carbocycles. The summed E-state index contributed by atoms with van der Waals surface area (Å²) in [7, 11) is 0. The summed E-state index contributed by atoms with van der Waals surface area (Å²) < 4.78 is 0. The van der Waals surface area contributed by atoms with E-state index >= 15 is 0 Å². The first-order chi connectivity index (χ1) is 10.7. The lowest BCUT2D eigenvalue weighted by Gasteiger charge is -2.37. The highest BCUT2D eigenvalue weighted by molar-refractivity contribution is 5.76. The number of carbonyl (C=O) groups is 1. The van der Waals surface area contributed by atoms with E-state index in [9.17, 15) is 4.79 Å². The van der Waals surface area contributed by atoms with Gasteiger partial charge in [-0.1, -0.05) is 25.7 Å². The molecule has 1 heterocycles. The van der Waals surface area contributed by atoms with Gasteiger partial charge >= 0.3 is 0 Å². The van der Waals surface area contributed by atoms with Gasteiger partial charge in [-0.05, 0) is 37.5 Å². The van der Waals surface area contributed by atoms with Gasteiger partial charge in [0.1, 0.15) is 0 Å². The molecule has 2 atom stereocenters. The summed E-state index contributed by atoms with van der Waals surface area (Å²) in [5.74, 6) is 1.69. The minimum atomic E-state index is 0.261. The third-order valence-electron chi connectivity index (χ3n) is 6.12. The average Bonchev–Trinajstić information content (AvgIpc) is 2.94. The van der Waals surface area contributed by atoms with Crippen molar-refractivity contribution in [1.29, 1.82) is 0 Å². The van der Waals surface area contributed by atoms with Gasteiger partial charge in [-0.15, -0.1) is 0 Å². The Labute approximate surface area is 135 Å². The summed E-state index contributed by atoms with van der Waals surface area (Å²) in [6.45, 7) is 5.24. The van der Waals surface area contributed by atoms with Crippen molar-refractivity contribution in [2.24, 2.45) is 17.6 Å². The van der Waals surface area contributed by atoms with Crippen molar-refractivity contribution in [3.05, 3.63) is 0 Å². The predicted molar refractivity (Wildman–Crippen MR) is 89.5 cm³/mol. The van der Waals surface area contributed by atoms with Crippen LogP contribution in [-0.2, 0) is 4.79 Å². The maximum absolute atomic E-state index is 12.4. The first-order valence-corrected chi connectivity index (χ1v) is 9.48. The van der Waals surface area contributed by atoms with E-state index in [0.717, 1.165) is 44.9 Å². The molecule has 22 heavy (non-hydrogen) atoms. The number of rotatable bonds is 4. The minimum absolute atomic E-state index is 0.261. The number of hydrogen-bond acceptors (Lipinski definition) is 3. The Morgan fingerprint density at radius 2 is 1.64 bits per heavy atom. The van der Waals surface area contributed by atoms with E-state index in [0.29, 0.717) is 18.2 Å². The molecule has 0 spiro atoms. The van der Waals surface area contributed by atoms with Gasteiger partial charge in [-0.25, -0.2) is 0 Å². The summed E-state index contributed by atoms with van der Waals surface area (Å²) in [5.41, 5.74) is 6.10. The van der Waals surface area contributed by atoms with Crippen LogP contribution >= 0.6 is 0 Å². The topological polar surface area (TPSA) is 49.6 Å². The number of amides is 1. The number of carbonyl (C=O) groups excluding carboxylic acids is 1. The lowest BCUT2D eigenvalue weighted by molar-refractivity contribution is -0.134. The lowest BCUT2D eigenvalue weighted by Crippen LogP contribution is -2.50. The summed E-state index contributed by atoms with van der Waals surface area (Å²) in [6.07, 6.45) is 11.2. The highest BCUT2D eigenvalue weighted by Crippen LogP contribution is 2.28. The second kappa shape index (κ2) is 7.78. The van der Waals surface area contributed by atoms with Gasteiger partial charge in [0, 0.05) is 45.2 Å². The smallest absolute Gasteiger partial charge is 0.222 e. The van der Waals surface area contributed by atoms with Crippen molar-refractivity contribution in [2.75, 3.05) is 32.7 Å². The van der Waals surface area contributed by atoms with E-state index in [2.05, 4.69) is 9.80 Å². The van der Waals surface area contributed by atoms with Crippen molar-refractivity contribution in [3.8, 4) is 0 Å². The molecule has 4 heteroatoms. The molecule has 3 rings (SSSR count). The molecule has 0 aromatic heterocycles. The van der Waals surface area contributed by atoms with Crippen molar-refractivity contribution in [3.63, 3.8) is 0 Å². The number of nitrogens with two attached hydrogens (primary N) is 1. The van der Waals surface area contributed by atoms with Gasteiger partial charge in [-0.3, -0.25) is 9.69 Å². The van der Waals surface area contributed by atoms with Crippen LogP contribution in [0.3, 0.4) is 0 Å². The third kappa shape index (κ3) is 4.23. The lowest BCUT2D eigenvalue weighted by atomic mass is 9.89. The van der Waals surface area contributed by atoms with Gasteiger partial charge in [0.25, 0.3) is 0 Å². The standard InChI is InChI=1S/C18H33N3O/c19-17-8-4-7-16(17)13-18(22)21-11-9-20(10-12-21)14-15-5-2-1-3-6-15/h15-17H,1-14,19H2/t16-,17+/m0/s1. The number of hydrogen-bond donors (Lipinski definition) is 1. The van der Waals surface area contributed by atoms with Crippen LogP contribution in [0.5, 0.6) is 0 Å². The molecule has 2 saturated carbocycles. The molecular formula is C18H33N3O. The Morgan fingerprint density at radius 1 is 0.909 bits per heavy atom. The summed E-state index contributed by atoms with van der Waals surface area (Å²) in [6, 6.07) is 0.261. The second-order valence-corrected chi connectivity index (χ2v) is 7.74. The summed E-state index contributed by atoms with van der Waals surface area (Å²) in [5, 5.41) is 0. The zero-order chi connectivity index (χ0) is 15.4. The zero-order valence-corrected chi connectivity index (χ0v) is 14.0. The van der Waals surface area contributed by atoms with E-state index in [4.69, 9.17) is 5.73 Å². The quantitative estimate of drug-likeness (QED) is 0.866. The van der Waals surface area contributed by atoms with Crippen LogP contribution < -0.4 is 5.73 Å². The first kappa shape index (κ1) is 16.3. The van der Waals surface area contributed by atoms with Crippen LogP contribution in [0.25, 0.3) is 0 Å². The number of nitrogens with zero attached hydrogens (tertiary/aromatic N) is 2. The second-order valence-electron chi connectivity index (χ2n) is 7.74. The van der Waals surface area contributed by atoms with Crippen LogP contribution in [0, 0.1) is 11.8 Å². The Bertz CT molecular complexity index is 359. The van der Waals surface area contributed by atoms with E-state index in [-0.39, 0.29) is 6.04 Å². The van der Waals surface area contributed by atoms with E-state index < -0.39 is 0 Å². The fourth-order valence-corrected chi connectivity index (χ4v) is 4.59. The molecule has 0 aromatic carbocycles. The van der Waals surface area contributed by atoms with Crippen LogP contribution in [0.1, 0.15) is 57.8 Å². The molecule has 0 aromatic rings. The summed E-state index contributed by atoms with van der Waals surface area (Å²) in [4.78, 5) is 17.1. The average molecular weight is 307 g/mol. The maximum atomic E-state index is 12.4. The van der Waals surface area contributed by atoms with Gasteiger partial charge in [0.2, 0.25) is 5.91 Å². The highest BCUT2D eigenvalue weighted by atomic mass is 16.2. The normalized spacial score (nSPS) is 31.6. The van der Waals surface area contributed by atoms with Crippen LogP contribution in [0.4, 0.5) is 0 Å². The Morgan fingerprint density at radius 3 is 2.27 bits per heavy atom. The first-order valence-electron chi connectivity index (χ1n) is 9.48. The molecule has 0 unspecified atom stereocenters. The molecular weight excluding hydrogens is 274 g/mol. The summed E-state index contributed by atoms with van der Waals surface area (Å²) >= 11 is 0. The molecule has 0 bridgehead atoms. The predicted octanol–water partition coefficient (Wildman–Crippen LogP) is 2.23. The monoisotopic (exact) mass is 307 g/mol. The Hall–Kier alpha value is -0.610. The molecule has 3 fully saturated rings. The molecule has 1 aliphatic heterocycles. The van der Waals surface area contributed by atoms with E-state index in [1.54, 1.807) is 0 Å². The van der Waals surface area contributed by atoms with Gasteiger partial charge in [-0.2, -0.15) is 0 Å². The van der Waals surface area contributed by atoms with Crippen LogP contribution in [-0.4, -0.2) is 54.5 Å². The van der Waals surface area contributed by atoms with Crippen LogP contribution in [0.2, 0.25) is 0 Å². The fraction of sp³-hybridized carbons (Fsp3) is 0.944. The van der Waals surface area contributed by atoms with Gasteiger partial charge in [0.05, 0.1) is 0 Å². The Balaban J connectivity index is 1.38. The molecule has 4 nitrogen and oxygen atoms in total. The third-order valence-corrected chi connectivity index (χ3v) is 6.12. The largest absolute Gasteiger partial charge is 0.340 e. The molecule has 126 valence electrons. The van der Waals surface area contributed by atoms with Crippen molar-refractivity contribution >= 4 is 5.91 Å². The fourth-order valence-electron chi connectivity index (χ4n) is 4.59. The van der Waals surface area contributed by atoms with Crippen molar-refractivity contribution < 1.29 is 4.79 Å². The molecule has 0 radical (unpaired) electrons. The Kier molecular flexibility index (Phi) is 5.75. The highest BCUT2D eigenvalue weighted by Gasteiger charge is 2.29. The molecule has 3 aliphatic rings. The molecule has 1 saturated heterocycles. The molecule has 1 amide bonds. The molecule has 2 N–H and O–H groups in total. The van der Waals surface area contributed by atoms with Crippen molar-refractivity contribution in [1.82, 2.24) is 9.80 Å².